The first kappa shape index (κ1) is 15.5. The number of esters is 2. The van der Waals surface area contributed by atoms with Gasteiger partial charge in [-0.25, -0.2) is 0 Å². The molecule has 0 aromatic heterocycles. The van der Waals surface area contributed by atoms with Gasteiger partial charge in [-0.2, -0.15) is 0 Å². The van der Waals surface area contributed by atoms with Crippen LogP contribution >= 0.6 is 0 Å². The van der Waals surface area contributed by atoms with Crippen LogP contribution in [-0.4, -0.2) is 25.2 Å². The van der Waals surface area contributed by atoms with E-state index in [0.717, 1.165) is 0 Å². The molecule has 0 spiro atoms. The molecule has 1 aliphatic rings. The highest BCUT2D eigenvalue weighted by atomic mass is 16.6. The van der Waals surface area contributed by atoms with Crippen LogP contribution in [0.1, 0.15) is 26.7 Å². The van der Waals surface area contributed by atoms with Crippen LogP contribution in [0.2, 0.25) is 0 Å². The zero-order chi connectivity index (χ0) is 14.5. The van der Waals surface area contributed by atoms with Crippen LogP contribution in [0.3, 0.4) is 0 Å². The highest BCUT2D eigenvalue weighted by Gasteiger charge is 2.56. The molecule has 19 heavy (non-hydrogen) atoms. The number of rotatable bonds is 6. The van der Waals surface area contributed by atoms with Gasteiger partial charge in [0, 0.05) is 0 Å². The maximum Gasteiger partial charge on any atom is 0.323 e. The molecule has 1 fully saturated rings. The van der Waals surface area contributed by atoms with Crippen molar-refractivity contribution in [1.29, 1.82) is 0 Å². The Kier molecular flexibility index (Phi) is 5.33. The maximum absolute atomic E-state index is 12.2. The van der Waals surface area contributed by atoms with Gasteiger partial charge in [0.15, 0.2) is 5.41 Å². The molecule has 2 atom stereocenters. The van der Waals surface area contributed by atoms with Crippen molar-refractivity contribution < 1.29 is 19.1 Å². The molecule has 0 heterocycles. The summed E-state index contributed by atoms with van der Waals surface area (Å²) in [6.45, 7) is 11.5. The Labute approximate surface area is 114 Å². The molecule has 0 aromatic rings. The van der Waals surface area contributed by atoms with Gasteiger partial charge in [0.05, 0.1) is 13.2 Å². The summed E-state index contributed by atoms with van der Waals surface area (Å²) in [5, 5.41) is 0. The van der Waals surface area contributed by atoms with Crippen molar-refractivity contribution in [1.82, 2.24) is 0 Å². The predicted molar refractivity (Wildman–Crippen MR) is 72.3 cm³/mol. The highest BCUT2D eigenvalue weighted by Crippen LogP contribution is 2.48. The van der Waals surface area contributed by atoms with E-state index in [1.54, 1.807) is 26.0 Å². The zero-order valence-corrected chi connectivity index (χ0v) is 11.7. The molecule has 1 rings (SSSR count). The molecule has 1 saturated carbocycles. The first-order chi connectivity index (χ1) is 9.05. The Morgan fingerprint density at radius 1 is 1.05 bits per heavy atom. The Bertz CT molecular complexity index is 336. The van der Waals surface area contributed by atoms with E-state index in [1.165, 1.54) is 0 Å². The lowest BCUT2D eigenvalue weighted by molar-refractivity contribution is -0.171. The molecule has 4 nitrogen and oxygen atoms in total. The smallest absolute Gasteiger partial charge is 0.323 e. The van der Waals surface area contributed by atoms with Crippen LogP contribution in [0, 0.1) is 17.3 Å². The van der Waals surface area contributed by atoms with Crippen molar-refractivity contribution >= 4 is 11.9 Å². The lowest BCUT2D eigenvalue weighted by Gasteiger charge is -2.24. The quantitative estimate of drug-likeness (QED) is 0.421. The van der Waals surface area contributed by atoms with E-state index >= 15 is 0 Å². The van der Waals surface area contributed by atoms with Gasteiger partial charge < -0.3 is 9.47 Å². The van der Waals surface area contributed by atoms with E-state index in [2.05, 4.69) is 13.2 Å². The van der Waals surface area contributed by atoms with E-state index in [4.69, 9.17) is 9.47 Å². The van der Waals surface area contributed by atoms with E-state index in [9.17, 15) is 9.59 Å². The summed E-state index contributed by atoms with van der Waals surface area (Å²) in [6.07, 6.45) is 4.30. The van der Waals surface area contributed by atoms with Gasteiger partial charge in [-0.1, -0.05) is 12.2 Å². The van der Waals surface area contributed by atoms with Gasteiger partial charge in [0.1, 0.15) is 0 Å². The summed E-state index contributed by atoms with van der Waals surface area (Å²) in [7, 11) is 0. The zero-order valence-electron chi connectivity index (χ0n) is 11.7. The molecule has 2 unspecified atom stereocenters. The van der Waals surface area contributed by atoms with Crippen LogP contribution in [0.25, 0.3) is 0 Å². The van der Waals surface area contributed by atoms with Gasteiger partial charge >= 0.3 is 11.9 Å². The summed E-state index contributed by atoms with van der Waals surface area (Å²) in [4.78, 5) is 24.4. The van der Waals surface area contributed by atoms with Gasteiger partial charge in [0.25, 0.3) is 0 Å². The monoisotopic (exact) mass is 266 g/mol. The van der Waals surface area contributed by atoms with Gasteiger partial charge in [0.2, 0.25) is 0 Å². The Morgan fingerprint density at radius 2 is 1.42 bits per heavy atom. The predicted octanol–water partition coefficient (Wildman–Crippen LogP) is 2.50. The van der Waals surface area contributed by atoms with Crippen molar-refractivity contribution in [2.24, 2.45) is 17.3 Å². The van der Waals surface area contributed by atoms with E-state index < -0.39 is 17.4 Å². The van der Waals surface area contributed by atoms with Crippen LogP contribution in [-0.2, 0) is 19.1 Å². The molecular formula is C15H22O4. The van der Waals surface area contributed by atoms with Crippen LogP contribution in [0.5, 0.6) is 0 Å². The second-order valence-corrected chi connectivity index (χ2v) is 4.73. The third-order valence-electron chi connectivity index (χ3n) is 3.66. The lowest BCUT2D eigenvalue weighted by atomic mass is 9.85. The standard InChI is InChI=1S/C15H22O4/c1-5-11-9-15(10-12(11)6-2,13(16)18-7-3)14(17)19-8-4/h5-6,11-12H,1-2,7-10H2,3-4H3. The summed E-state index contributed by atoms with van der Waals surface area (Å²) in [5.41, 5.74) is -1.20. The van der Waals surface area contributed by atoms with Crippen molar-refractivity contribution in [3.63, 3.8) is 0 Å². The molecule has 106 valence electrons. The van der Waals surface area contributed by atoms with Crippen molar-refractivity contribution in [3.05, 3.63) is 25.3 Å². The normalized spacial score (nSPS) is 24.5. The van der Waals surface area contributed by atoms with E-state index in [-0.39, 0.29) is 25.0 Å². The number of hydrogen-bond donors (Lipinski definition) is 0. The fourth-order valence-corrected chi connectivity index (χ4v) is 2.66. The number of allylic oxidation sites excluding steroid dienone is 2. The summed E-state index contributed by atoms with van der Waals surface area (Å²) in [6, 6.07) is 0. The number of ether oxygens (including phenoxy) is 2. The van der Waals surface area contributed by atoms with Crippen molar-refractivity contribution in [2.75, 3.05) is 13.2 Å². The topological polar surface area (TPSA) is 52.6 Å². The average Bonchev–Trinajstić information content (AvgIpc) is 2.79. The third-order valence-corrected chi connectivity index (χ3v) is 3.66. The largest absolute Gasteiger partial charge is 0.465 e. The molecule has 0 radical (unpaired) electrons. The number of carbonyl (C=O) groups is 2. The Balaban J connectivity index is 3.07. The molecular weight excluding hydrogens is 244 g/mol. The average molecular weight is 266 g/mol. The van der Waals surface area contributed by atoms with Crippen LogP contribution in [0.4, 0.5) is 0 Å². The fourth-order valence-electron chi connectivity index (χ4n) is 2.66. The molecule has 0 saturated heterocycles. The SMILES string of the molecule is C=CC1CC(C(=O)OCC)(C(=O)OCC)CC1C=C. The summed E-state index contributed by atoms with van der Waals surface area (Å²) in [5.74, 6) is -0.896. The first-order valence-corrected chi connectivity index (χ1v) is 6.65. The fraction of sp³-hybridized carbons (Fsp3) is 0.600. The minimum atomic E-state index is -1.20. The van der Waals surface area contributed by atoms with Crippen molar-refractivity contribution in [3.8, 4) is 0 Å². The molecule has 0 N–H and O–H groups in total. The summed E-state index contributed by atoms with van der Waals surface area (Å²) >= 11 is 0. The van der Waals surface area contributed by atoms with Crippen LogP contribution in [0.15, 0.2) is 25.3 Å². The first-order valence-electron chi connectivity index (χ1n) is 6.65. The number of hydrogen-bond acceptors (Lipinski definition) is 4. The number of carbonyl (C=O) groups excluding carboxylic acids is 2. The maximum atomic E-state index is 12.2. The second kappa shape index (κ2) is 6.55. The lowest BCUT2D eigenvalue weighted by Crippen LogP contribution is -2.40. The minimum absolute atomic E-state index is 0.0475. The Morgan fingerprint density at radius 3 is 1.68 bits per heavy atom. The molecule has 0 bridgehead atoms. The minimum Gasteiger partial charge on any atom is -0.465 e. The Hall–Kier alpha value is -1.58. The third kappa shape index (κ3) is 2.88. The van der Waals surface area contributed by atoms with Gasteiger partial charge in [-0.05, 0) is 38.5 Å². The van der Waals surface area contributed by atoms with Crippen LogP contribution < -0.4 is 0 Å². The second-order valence-electron chi connectivity index (χ2n) is 4.73. The molecule has 0 amide bonds. The van der Waals surface area contributed by atoms with Gasteiger partial charge in [-0.3, -0.25) is 9.59 Å². The summed E-state index contributed by atoms with van der Waals surface area (Å²) < 4.78 is 10.1. The highest BCUT2D eigenvalue weighted by molar-refractivity contribution is 6.00. The van der Waals surface area contributed by atoms with Gasteiger partial charge in [-0.15, -0.1) is 13.2 Å². The van der Waals surface area contributed by atoms with E-state index in [0.29, 0.717) is 12.8 Å². The van der Waals surface area contributed by atoms with Crippen molar-refractivity contribution in [2.45, 2.75) is 26.7 Å². The molecule has 0 aromatic carbocycles. The molecule has 0 aliphatic heterocycles. The van der Waals surface area contributed by atoms with E-state index in [1.807, 2.05) is 0 Å². The molecule has 1 aliphatic carbocycles. The molecule has 4 heteroatoms.